The van der Waals surface area contributed by atoms with Gasteiger partial charge in [-0.25, -0.2) is 0 Å². The molecule has 3 heteroatoms. The zero-order valence-electron chi connectivity index (χ0n) is 12.4. The number of phenolic OH excluding ortho intramolecular Hbond substituents is 1. The van der Waals surface area contributed by atoms with E-state index in [9.17, 15) is 9.90 Å². The van der Waals surface area contributed by atoms with E-state index in [2.05, 4.69) is 0 Å². The lowest BCUT2D eigenvalue weighted by atomic mass is 10.0. The third kappa shape index (κ3) is 2.48. The van der Waals surface area contributed by atoms with Crippen molar-refractivity contribution in [1.82, 2.24) is 4.90 Å². The lowest BCUT2D eigenvalue weighted by molar-refractivity contribution is 0.0645. The highest BCUT2D eigenvalue weighted by Crippen LogP contribution is 2.29. The predicted molar refractivity (Wildman–Crippen MR) is 82.1 cm³/mol. The van der Waals surface area contributed by atoms with Crippen LogP contribution in [0.1, 0.15) is 38.1 Å². The number of fused-ring (bicyclic) bond motifs is 1. The summed E-state index contributed by atoms with van der Waals surface area (Å²) in [4.78, 5) is 14.6. The molecule has 0 heterocycles. The van der Waals surface area contributed by atoms with Crippen LogP contribution in [0.25, 0.3) is 10.8 Å². The van der Waals surface area contributed by atoms with E-state index < -0.39 is 0 Å². The molecular weight excluding hydrogens is 250 g/mol. The van der Waals surface area contributed by atoms with Crippen LogP contribution in [-0.2, 0) is 0 Å². The van der Waals surface area contributed by atoms with Crippen molar-refractivity contribution in [2.75, 3.05) is 0 Å². The summed E-state index contributed by atoms with van der Waals surface area (Å²) in [5, 5.41) is 11.6. The van der Waals surface area contributed by atoms with E-state index in [0.717, 1.165) is 5.39 Å². The second kappa shape index (κ2) is 5.53. The molecule has 106 valence electrons. The first-order valence-electron chi connectivity index (χ1n) is 6.97. The molecule has 0 spiro atoms. The molecule has 0 radical (unpaired) electrons. The van der Waals surface area contributed by atoms with Gasteiger partial charge in [0.1, 0.15) is 5.75 Å². The quantitative estimate of drug-likeness (QED) is 0.922. The van der Waals surface area contributed by atoms with Gasteiger partial charge in [-0.3, -0.25) is 4.79 Å². The summed E-state index contributed by atoms with van der Waals surface area (Å²) in [6, 6.07) is 11.1. The molecule has 3 nitrogen and oxygen atoms in total. The third-order valence-electron chi connectivity index (χ3n) is 3.46. The Morgan fingerprint density at radius 1 is 1.00 bits per heavy atom. The molecular formula is C17H21NO2. The van der Waals surface area contributed by atoms with Gasteiger partial charge >= 0.3 is 0 Å². The number of phenols is 1. The highest BCUT2D eigenvalue weighted by Gasteiger charge is 2.23. The van der Waals surface area contributed by atoms with E-state index in [0.29, 0.717) is 10.9 Å². The lowest BCUT2D eigenvalue weighted by Crippen LogP contribution is -2.42. The van der Waals surface area contributed by atoms with Crippen LogP contribution >= 0.6 is 0 Å². The summed E-state index contributed by atoms with van der Waals surface area (Å²) in [6.07, 6.45) is 0. The van der Waals surface area contributed by atoms with Gasteiger partial charge in [-0.1, -0.05) is 24.3 Å². The van der Waals surface area contributed by atoms with E-state index in [4.69, 9.17) is 0 Å². The zero-order valence-corrected chi connectivity index (χ0v) is 12.4. The summed E-state index contributed by atoms with van der Waals surface area (Å²) < 4.78 is 0. The number of hydrogen-bond acceptors (Lipinski definition) is 2. The minimum Gasteiger partial charge on any atom is -0.507 e. The van der Waals surface area contributed by atoms with E-state index >= 15 is 0 Å². The number of carbonyl (C=O) groups excluding carboxylic acids is 1. The van der Waals surface area contributed by atoms with Gasteiger partial charge in [0.05, 0.1) is 5.56 Å². The van der Waals surface area contributed by atoms with Crippen LogP contribution in [0.3, 0.4) is 0 Å². The van der Waals surface area contributed by atoms with Crippen molar-refractivity contribution in [1.29, 1.82) is 0 Å². The van der Waals surface area contributed by atoms with Gasteiger partial charge in [0.25, 0.3) is 5.91 Å². The van der Waals surface area contributed by atoms with Gasteiger partial charge in [-0.05, 0) is 45.2 Å². The van der Waals surface area contributed by atoms with E-state index in [1.54, 1.807) is 18.2 Å². The van der Waals surface area contributed by atoms with Crippen LogP contribution in [0.15, 0.2) is 36.4 Å². The van der Waals surface area contributed by atoms with Gasteiger partial charge in [-0.2, -0.15) is 0 Å². The molecule has 20 heavy (non-hydrogen) atoms. The van der Waals surface area contributed by atoms with Crippen LogP contribution in [0, 0.1) is 0 Å². The number of rotatable bonds is 3. The van der Waals surface area contributed by atoms with E-state index in [1.165, 1.54) is 0 Å². The standard InChI is InChI=1S/C17H21NO2/c1-11(2)18(12(3)4)17(20)14-9-5-7-13-8-6-10-15(19)16(13)14/h5-12,19H,1-4H3. The number of nitrogens with zero attached hydrogens (tertiary/aromatic N) is 1. The van der Waals surface area contributed by atoms with Gasteiger partial charge in [-0.15, -0.1) is 0 Å². The predicted octanol–water partition coefficient (Wildman–Crippen LogP) is 3.80. The molecule has 2 rings (SSSR count). The van der Waals surface area contributed by atoms with Crippen LogP contribution in [0.2, 0.25) is 0 Å². The SMILES string of the molecule is CC(C)N(C(=O)c1cccc2cccc(O)c12)C(C)C. The minimum atomic E-state index is -0.0397. The maximum Gasteiger partial charge on any atom is 0.255 e. The van der Waals surface area contributed by atoms with Crippen molar-refractivity contribution >= 4 is 16.7 Å². The third-order valence-corrected chi connectivity index (χ3v) is 3.46. The normalized spacial score (nSPS) is 11.3. The largest absolute Gasteiger partial charge is 0.507 e. The van der Waals surface area contributed by atoms with Crippen molar-refractivity contribution < 1.29 is 9.90 Å². The molecule has 0 aliphatic carbocycles. The molecule has 2 aromatic carbocycles. The average Bonchev–Trinajstić information content (AvgIpc) is 2.37. The Hall–Kier alpha value is -2.03. The fourth-order valence-electron chi connectivity index (χ4n) is 2.70. The molecule has 0 unspecified atom stereocenters. The topological polar surface area (TPSA) is 40.5 Å². The molecule has 0 fully saturated rings. The Morgan fingerprint density at radius 2 is 1.55 bits per heavy atom. The molecule has 0 atom stereocenters. The maximum atomic E-state index is 12.8. The Bertz CT molecular complexity index is 619. The van der Waals surface area contributed by atoms with Crippen molar-refractivity contribution in [3.05, 3.63) is 42.0 Å². The molecule has 0 bridgehead atoms. The van der Waals surface area contributed by atoms with Crippen LogP contribution in [0.4, 0.5) is 0 Å². The van der Waals surface area contributed by atoms with Gasteiger partial charge in [0, 0.05) is 17.5 Å². The van der Waals surface area contributed by atoms with Crippen molar-refractivity contribution in [2.24, 2.45) is 0 Å². The van der Waals surface area contributed by atoms with E-state index in [-0.39, 0.29) is 23.7 Å². The monoisotopic (exact) mass is 271 g/mol. The first-order chi connectivity index (χ1) is 9.43. The van der Waals surface area contributed by atoms with Crippen molar-refractivity contribution in [3.63, 3.8) is 0 Å². The highest BCUT2D eigenvalue weighted by molar-refractivity contribution is 6.09. The van der Waals surface area contributed by atoms with Crippen LogP contribution in [0.5, 0.6) is 5.75 Å². The average molecular weight is 271 g/mol. The zero-order chi connectivity index (χ0) is 14.9. The second-order valence-electron chi connectivity index (χ2n) is 5.58. The van der Waals surface area contributed by atoms with Crippen LogP contribution < -0.4 is 0 Å². The first kappa shape index (κ1) is 14.4. The fraction of sp³-hybridized carbons (Fsp3) is 0.353. The first-order valence-corrected chi connectivity index (χ1v) is 6.97. The van der Waals surface area contributed by atoms with Crippen LogP contribution in [-0.4, -0.2) is 28.0 Å². The fourth-order valence-corrected chi connectivity index (χ4v) is 2.70. The van der Waals surface area contributed by atoms with Crippen molar-refractivity contribution in [2.45, 2.75) is 39.8 Å². The molecule has 0 aliphatic rings. The van der Waals surface area contributed by atoms with Gasteiger partial charge in [0.2, 0.25) is 0 Å². The molecule has 0 saturated heterocycles. The van der Waals surface area contributed by atoms with Gasteiger partial charge in [0.15, 0.2) is 0 Å². The summed E-state index contributed by atoms with van der Waals surface area (Å²) in [5.41, 5.74) is 0.558. The van der Waals surface area contributed by atoms with Crippen molar-refractivity contribution in [3.8, 4) is 5.75 Å². The number of hydrogen-bond donors (Lipinski definition) is 1. The molecule has 1 amide bonds. The molecule has 1 N–H and O–H groups in total. The highest BCUT2D eigenvalue weighted by atomic mass is 16.3. The maximum absolute atomic E-state index is 12.8. The summed E-state index contributed by atoms with van der Waals surface area (Å²) in [7, 11) is 0. The Labute approximate surface area is 119 Å². The Kier molecular flexibility index (Phi) is 3.98. The Balaban J connectivity index is 2.60. The lowest BCUT2D eigenvalue weighted by Gasteiger charge is -2.31. The smallest absolute Gasteiger partial charge is 0.255 e. The summed E-state index contributed by atoms with van der Waals surface area (Å²) in [5.74, 6) is 0.112. The second-order valence-corrected chi connectivity index (χ2v) is 5.58. The molecule has 0 aromatic heterocycles. The molecule has 0 aliphatic heterocycles. The number of carbonyl (C=O) groups is 1. The molecule has 2 aromatic rings. The Morgan fingerprint density at radius 3 is 2.10 bits per heavy atom. The minimum absolute atomic E-state index is 0.0397. The summed E-state index contributed by atoms with van der Waals surface area (Å²) >= 11 is 0. The van der Waals surface area contributed by atoms with E-state index in [1.807, 2.05) is 50.8 Å². The van der Waals surface area contributed by atoms with Gasteiger partial charge < -0.3 is 10.0 Å². The number of aromatic hydroxyl groups is 1. The molecule has 0 saturated carbocycles. The number of amides is 1. The number of benzene rings is 2. The summed E-state index contributed by atoms with van der Waals surface area (Å²) in [6.45, 7) is 8.01.